The molecular formula is C20H38OSi. The highest BCUT2D eigenvalue weighted by atomic mass is 28.4. The minimum absolute atomic E-state index is 0.0220. The zero-order valence-electron chi connectivity index (χ0n) is 16.1. The van der Waals surface area contributed by atoms with Crippen molar-refractivity contribution in [2.24, 2.45) is 17.3 Å². The molecule has 0 amide bonds. The van der Waals surface area contributed by atoms with E-state index in [-0.39, 0.29) is 5.60 Å². The van der Waals surface area contributed by atoms with E-state index in [9.17, 15) is 0 Å². The van der Waals surface area contributed by atoms with Crippen LogP contribution in [0, 0.1) is 17.3 Å². The average Bonchev–Trinajstić information content (AvgIpc) is 2.54. The zero-order valence-corrected chi connectivity index (χ0v) is 17.1. The lowest BCUT2D eigenvalue weighted by Gasteiger charge is -2.45. The monoisotopic (exact) mass is 322 g/mol. The molecule has 0 saturated heterocycles. The minimum Gasteiger partial charge on any atom is -0.412 e. The summed E-state index contributed by atoms with van der Waals surface area (Å²) in [5.41, 5.74) is 1.58. The van der Waals surface area contributed by atoms with Crippen LogP contribution in [-0.4, -0.2) is 13.9 Å². The summed E-state index contributed by atoms with van der Waals surface area (Å²) >= 11 is 0. The first kappa shape index (κ1) is 19.7. The first-order chi connectivity index (χ1) is 9.91. The highest BCUT2D eigenvalue weighted by Gasteiger charge is 2.50. The predicted molar refractivity (Wildman–Crippen MR) is 102 cm³/mol. The third-order valence-electron chi connectivity index (χ3n) is 4.97. The van der Waals surface area contributed by atoms with Crippen molar-refractivity contribution in [2.45, 2.75) is 85.0 Å². The van der Waals surface area contributed by atoms with E-state index >= 15 is 0 Å². The molecule has 0 aromatic heterocycles. The summed E-state index contributed by atoms with van der Waals surface area (Å²) in [4.78, 5) is 0. The van der Waals surface area contributed by atoms with Gasteiger partial charge in [0.05, 0.1) is 5.60 Å². The van der Waals surface area contributed by atoms with Gasteiger partial charge in [0.2, 0.25) is 0 Å². The summed E-state index contributed by atoms with van der Waals surface area (Å²) in [5.74, 6) is 1.37. The van der Waals surface area contributed by atoms with Crippen LogP contribution < -0.4 is 0 Å². The van der Waals surface area contributed by atoms with Crippen LogP contribution in [0.5, 0.6) is 0 Å². The second-order valence-corrected chi connectivity index (χ2v) is 13.8. The average molecular weight is 323 g/mol. The fraction of sp³-hybridized carbons (Fsp3) is 0.800. The van der Waals surface area contributed by atoms with E-state index in [1.54, 1.807) is 0 Å². The smallest absolute Gasteiger partial charge is 0.184 e. The quantitative estimate of drug-likeness (QED) is 0.362. The lowest BCUT2D eigenvalue weighted by molar-refractivity contribution is -0.00597. The molecule has 0 unspecified atom stereocenters. The Bertz CT molecular complexity index is 404. The largest absolute Gasteiger partial charge is 0.412 e. The molecule has 0 aliphatic heterocycles. The van der Waals surface area contributed by atoms with Crippen molar-refractivity contribution in [3.63, 3.8) is 0 Å². The molecule has 0 aromatic carbocycles. The molecule has 128 valence electrons. The molecule has 1 rings (SSSR count). The third-order valence-corrected chi connectivity index (χ3v) is 5.98. The first-order valence-corrected chi connectivity index (χ1v) is 12.3. The molecule has 3 atom stereocenters. The van der Waals surface area contributed by atoms with Gasteiger partial charge in [-0.3, -0.25) is 0 Å². The fourth-order valence-electron chi connectivity index (χ4n) is 4.34. The topological polar surface area (TPSA) is 9.23 Å². The van der Waals surface area contributed by atoms with Crippen LogP contribution in [-0.2, 0) is 4.43 Å². The molecule has 0 N–H and O–H groups in total. The summed E-state index contributed by atoms with van der Waals surface area (Å²) in [5, 5.41) is 0. The minimum atomic E-state index is -1.59. The molecule has 0 bridgehead atoms. The Morgan fingerprint density at radius 1 is 1.36 bits per heavy atom. The van der Waals surface area contributed by atoms with Gasteiger partial charge in [-0.25, -0.2) is 0 Å². The molecule has 1 aliphatic carbocycles. The maximum Gasteiger partial charge on any atom is 0.184 e. The summed E-state index contributed by atoms with van der Waals surface area (Å²) in [6.07, 6.45) is 7.87. The highest BCUT2D eigenvalue weighted by Crippen LogP contribution is 2.52. The highest BCUT2D eigenvalue weighted by molar-refractivity contribution is 6.69. The van der Waals surface area contributed by atoms with E-state index in [0.717, 1.165) is 18.8 Å². The Labute approximate surface area is 140 Å². The standard InChI is InChI=1S/C20H38OSi/c1-10-12-19(5,6)15-18-17(4)11-13-20(18,14-16(2)3)21-22(7,8)9/h10,17-18H,1-2,11-15H2,3-9H3/t17-,18+,20+/m1/s1. The van der Waals surface area contributed by atoms with Gasteiger partial charge in [0.25, 0.3) is 0 Å². The number of hydrogen-bond acceptors (Lipinski definition) is 1. The van der Waals surface area contributed by atoms with Crippen LogP contribution in [0.1, 0.15) is 59.8 Å². The molecule has 1 nitrogen and oxygen atoms in total. The van der Waals surface area contributed by atoms with Crippen LogP contribution in [0.2, 0.25) is 19.6 Å². The van der Waals surface area contributed by atoms with Gasteiger partial charge in [-0.1, -0.05) is 32.4 Å². The Morgan fingerprint density at radius 3 is 2.41 bits per heavy atom. The second kappa shape index (κ2) is 7.05. The maximum atomic E-state index is 6.86. The normalized spacial score (nSPS) is 29.6. The van der Waals surface area contributed by atoms with Gasteiger partial charge in [0.15, 0.2) is 8.32 Å². The van der Waals surface area contributed by atoms with Crippen molar-refractivity contribution >= 4 is 8.32 Å². The SMILES string of the molecule is C=CCC(C)(C)C[C@H]1[C@H](C)CC[C@@]1(CC(=C)C)O[Si](C)(C)C. The molecule has 1 aliphatic rings. The van der Waals surface area contributed by atoms with Crippen LogP contribution in [0.15, 0.2) is 24.8 Å². The maximum absolute atomic E-state index is 6.86. The van der Waals surface area contributed by atoms with Crippen LogP contribution in [0.4, 0.5) is 0 Å². The van der Waals surface area contributed by atoms with Gasteiger partial charge in [0.1, 0.15) is 0 Å². The Balaban J connectivity index is 3.10. The number of rotatable bonds is 8. The van der Waals surface area contributed by atoms with E-state index in [1.165, 1.54) is 24.8 Å². The van der Waals surface area contributed by atoms with Crippen LogP contribution >= 0.6 is 0 Å². The van der Waals surface area contributed by atoms with Gasteiger partial charge >= 0.3 is 0 Å². The van der Waals surface area contributed by atoms with Crippen molar-refractivity contribution in [2.75, 3.05) is 0 Å². The lowest BCUT2D eigenvalue weighted by Crippen LogP contribution is -2.47. The molecule has 1 fully saturated rings. The van der Waals surface area contributed by atoms with E-state index in [2.05, 4.69) is 66.6 Å². The van der Waals surface area contributed by atoms with Gasteiger partial charge in [-0.05, 0) is 75.9 Å². The summed E-state index contributed by atoms with van der Waals surface area (Å²) < 4.78 is 6.86. The summed E-state index contributed by atoms with van der Waals surface area (Å²) in [6.45, 7) is 24.4. The Hall–Kier alpha value is -0.343. The Morgan fingerprint density at radius 2 is 1.95 bits per heavy atom. The summed E-state index contributed by atoms with van der Waals surface area (Å²) in [7, 11) is -1.59. The molecule has 0 heterocycles. The van der Waals surface area contributed by atoms with Gasteiger partial charge in [-0.2, -0.15) is 0 Å². The fourth-order valence-corrected chi connectivity index (χ4v) is 5.88. The van der Waals surface area contributed by atoms with E-state index < -0.39 is 8.32 Å². The molecule has 1 saturated carbocycles. The van der Waals surface area contributed by atoms with Gasteiger partial charge in [-0.15, -0.1) is 13.2 Å². The van der Waals surface area contributed by atoms with E-state index in [1.807, 2.05) is 0 Å². The van der Waals surface area contributed by atoms with Gasteiger partial charge < -0.3 is 4.43 Å². The molecular weight excluding hydrogens is 284 g/mol. The molecule has 2 heteroatoms. The lowest BCUT2D eigenvalue weighted by atomic mass is 9.71. The molecule has 0 aromatic rings. The predicted octanol–water partition coefficient (Wildman–Crippen LogP) is 6.58. The molecule has 22 heavy (non-hydrogen) atoms. The second-order valence-electron chi connectivity index (χ2n) is 9.40. The number of hydrogen-bond donors (Lipinski definition) is 0. The first-order valence-electron chi connectivity index (χ1n) is 8.86. The van der Waals surface area contributed by atoms with Crippen molar-refractivity contribution in [1.29, 1.82) is 0 Å². The van der Waals surface area contributed by atoms with E-state index in [0.29, 0.717) is 11.3 Å². The number of allylic oxidation sites excluding steroid dienone is 1. The molecule has 0 radical (unpaired) electrons. The van der Waals surface area contributed by atoms with Crippen molar-refractivity contribution < 1.29 is 4.43 Å². The molecule has 0 spiro atoms. The van der Waals surface area contributed by atoms with Gasteiger partial charge in [0, 0.05) is 0 Å². The van der Waals surface area contributed by atoms with Crippen molar-refractivity contribution in [3.05, 3.63) is 24.8 Å². The van der Waals surface area contributed by atoms with Crippen molar-refractivity contribution in [1.82, 2.24) is 0 Å². The van der Waals surface area contributed by atoms with Crippen LogP contribution in [0.3, 0.4) is 0 Å². The summed E-state index contributed by atoms with van der Waals surface area (Å²) in [6, 6.07) is 0. The van der Waals surface area contributed by atoms with Crippen molar-refractivity contribution in [3.8, 4) is 0 Å². The zero-order chi connectivity index (χ0) is 17.2. The Kier molecular flexibility index (Phi) is 6.31. The van der Waals surface area contributed by atoms with E-state index in [4.69, 9.17) is 4.43 Å². The third kappa shape index (κ3) is 5.38. The van der Waals surface area contributed by atoms with Crippen LogP contribution in [0.25, 0.3) is 0 Å².